The number of ether oxygens (including phenoxy) is 1. The molecule has 4 rings (SSSR count). The lowest BCUT2D eigenvalue weighted by Gasteiger charge is -2.42. The van der Waals surface area contributed by atoms with E-state index in [1.165, 1.54) is 18.2 Å². The van der Waals surface area contributed by atoms with E-state index < -0.39 is 47.7 Å². The summed E-state index contributed by atoms with van der Waals surface area (Å²) < 4.78 is 73.1. The van der Waals surface area contributed by atoms with Gasteiger partial charge in [-0.15, -0.1) is 0 Å². The standard InChI is InChI=1S/C27H31ClF5N5O3/c1-16-15-37(8-6-27(31,32)33)9-10-38(16)21-12-18(28)3-5-20(21)36-25(39)19-4-2-17(23(29)24(19)30)13-35-26(40)22-14-34-7-11-41-22/h2-5,12,16,22,34H,6-11,13-15H2,1H3,(H,35,40)(H,36,39)/t16-,22-/m1/s1. The number of nitrogens with zero attached hydrogens (tertiary/aromatic N) is 2. The smallest absolute Gasteiger partial charge is 0.366 e. The van der Waals surface area contributed by atoms with E-state index in [-0.39, 0.29) is 30.4 Å². The first kappa shape index (κ1) is 30.9. The lowest BCUT2D eigenvalue weighted by molar-refractivity contribution is -0.138. The summed E-state index contributed by atoms with van der Waals surface area (Å²) in [6.07, 6.45) is -5.88. The molecule has 2 aliphatic heterocycles. The molecule has 14 heteroatoms. The van der Waals surface area contributed by atoms with Crippen molar-refractivity contribution in [2.45, 2.75) is 38.2 Å². The zero-order valence-corrected chi connectivity index (χ0v) is 23.0. The molecule has 224 valence electrons. The van der Waals surface area contributed by atoms with Crippen LogP contribution in [0.25, 0.3) is 0 Å². The summed E-state index contributed by atoms with van der Waals surface area (Å²) in [5.74, 6) is -4.00. The fourth-order valence-corrected chi connectivity index (χ4v) is 5.01. The molecule has 0 unspecified atom stereocenters. The van der Waals surface area contributed by atoms with Gasteiger partial charge in [-0.05, 0) is 31.2 Å². The number of rotatable bonds is 8. The Labute approximate surface area is 239 Å². The molecular formula is C27H31ClF5N5O3. The Morgan fingerprint density at radius 1 is 1.15 bits per heavy atom. The maximum atomic E-state index is 15.0. The van der Waals surface area contributed by atoms with Crippen molar-refractivity contribution in [3.05, 3.63) is 58.1 Å². The Balaban J connectivity index is 1.43. The maximum Gasteiger partial charge on any atom is 0.390 e. The number of nitrogens with one attached hydrogen (secondary N) is 3. The Bertz CT molecular complexity index is 1260. The molecule has 2 aliphatic rings. The number of carbonyl (C=O) groups excluding carboxylic acids is 2. The molecule has 3 N–H and O–H groups in total. The minimum atomic E-state index is -4.24. The monoisotopic (exact) mass is 603 g/mol. The quantitative estimate of drug-likeness (QED) is 0.397. The van der Waals surface area contributed by atoms with Gasteiger partial charge in [-0.25, -0.2) is 8.78 Å². The molecule has 2 atom stereocenters. The van der Waals surface area contributed by atoms with E-state index in [4.69, 9.17) is 16.3 Å². The number of amides is 2. The van der Waals surface area contributed by atoms with Crippen molar-refractivity contribution in [3.8, 4) is 0 Å². The van der Waals surface area contributed by atoms with Gasteiger partial charge in [-0.3, -0.25) is 14.5 Å². The molecule has 0 saturated carbocycles. The summed E-state index contributed by atoms with van der Waals surface area (Å²) in [6, 6.07) is 6.79. The third-order valence-corrected chi connectivity index (χ3v) is 7.26. The van der Waals surface area contributed by atoms with Gasteiger partial charge in [0.05, 0.1) is 30.0 Å². The van der Waals surface area contributed by atoms with Crippen molar-refractivity contribution < 1.29 is 36.3 Å². The third-order valence-electron chi connectivity index (χ3n) is 7.02. The van der Waals surface area contributed by atoms with Gasteiger partial charge < -0.3 is 25.6 Å². The van der Waals surface area contributed by atoms with Crippen LogP contribution in [0.1, 0.15) is 29.3 Å². The van der Waals surface area contributed by atoms with Crippen LogP contribution in [0.5, 0.6) is 0 Å². The fraction of sp³-hybridized carbons (Fsp3) is 0.481. The second-order valence-corrected chi connectivity index (χ2v) is 10.4. The van der Waals surface area contributed by atoms with E-state index in [1.54, 1.807) is 11.0 Å². The van der Waals surface area contributed by atoms with Crippen molar-refractivity contribution in [1.82, 2.24) is 15.5 Å². The van der Waals surface area contributed by atoms with Gasteiger partial charge in [0.1, 0.15) is 6.10 Å². The number of anilines is 2. The zero-order chi connectivity index (χ0) is 29.7. The molecule has 2 aromatic carbocycles. The highest BCUT2D eigenvalue weighted by atomic mass is 35.5. The summed E-state index contributed by atoms with van der Waals surface area (Å²) in [5, 5.41) is 8.48. The average molecular weight is 604 g/mol. The number of halogens is 6. The second kappa shape index (κ2) is 13.3. The van der Waals surface area contributed by atoms with Crippen molar-refractivity contribution in [1.29, 1.82) is 0 Å². The van der Waals surface area contributed by atoms with Crippen LogP contribution in [0.15, 0.2) is 30.3 Å². The molecule has 2 amide bonds. The first-order valence-corrected chi connectivity index (χ1v) is 13.5. The molecule has 0 aromatic heterocycles. The van der Waals surface area contributed by atoms with E-state index in [9.17, 15) is 31.5 Å². The Morgan fingerprint density at radius 3 is 2.61 bits per heavy atom. The van der Waals surface area contributed by atoms with Crippen LogP contribution in [0.4, 0.5) is 33.3 Å². The molecule has 0 aliphatic carbocycles. The molecule has 0 spiro atoms. The highest BCUT2D eigenvalue weighted by Gasteiger charge is 2.31. The summed E-state index contributed by atoms with van der Waals surface area (Å²) in [4.78, 5) is 28.9. The molecule has 8 nitrogen and oxygen atoms in total. The second-order valence-electron chi connectivity index (χ2n) is 10.0. The number of benzene rings is 2. The summed E-state index contributed by atoms with van der Waals surface area (Å²) in [6.45, 7) is 3.81. The first-order valence-electron chi connectivity index (χ1n) is 13.2. The number of alkyl halides is 3. The number of hydrogen-bond acceptors (Lipinski definition) is 6. The van der Waals surface area contributed by atoms with Gasteiger partial charge >= 0.3 is 6.18 Å². The predicted molar refractivity (Wildman–Crippen MR) is 144 cm³/mol. The summed E-state index contributed by atoms with van der Waals surface area (Å²) in [5.41, 5.74) is 0.115. The molecule has 0 bridgehead atoms. The molecule has 2 fully saturated rings. The van der Waals surface area contributed by atoms with E-state index in [1.807, 2.05) is 11.8 Å². The van der Waals surface area contributed by atoms with Crippen molar-refractivity contribution in [2.75, 3.05) is 56.1 Å². The molecule has 2 saturated heterocycles. The predicted octanol–water partition coefficient (Wildman–Crippen LogP) is 3.94. The van der Waals surface area contributed by atoms with Gasteiger partial charge in [0.15, 0.2) is 11.6 Å². The summed E-state index contributed by atoms with van der Waals surface area (Å²) >= 11 is 6.21. The first-order chi connectivity index (χ1) is 19.4. The highest BCUT2D eigenvalue weighted by Crippen LogP contribution is 2.33. The average Bonchev–Trinajstić information content (AvgIpc) is 2.93. The van der Waals surface area contributed by atoms with Crippen LogP contribution in [0.2, 0.25) is 5.02 Å². The molecular weight excluding hydrogens is 573 g/mol. The minimum absolute atomic E-state index is 0.114. The van der Waals surface area contributed by atoms with E-state index in [2.05, 4.69) is 16.0 Å². The Morgan fingerprint density at radius 2 is 1.93 bits per heavy atom. The lowest BCUT2D eigenvalue weighted by atomic mass is 10.1. The highest BCUT2D eigenvalue weighted by molar-refractivity contribution is 6.31. The van der Waals surface area contributed by atoms with Gasteiger partial charge in [-0.2, -0.15) is 13.2 Å². The summed E-state index contributed by atoms with van der Waals surface area (Å²) in [7, 11) is 0. The van der Waals surface area contributed by atoms with E-state index in [0.717, 1.165) is 6.07 Å². The van der Waals surface area contributed by atoms with Crippen molar-refractivity contribution in [2.24, 2.45) is 0 Å². The molecule has 41 heavy (non-hydrogen) atoms. The van der Waals surface area contributed by atoms with Crippen LogP contribution in [0, 0.1) is 11.6 Å². The number of hydrogen-bond donors (Lipinski definition) is 3. The normalized spacial score (nSPS) is 20.1. The van der Waals surface area contributed by atoms with Crippen LogP contribution in [0.3, 0.4) is 0 Å². The van der Waals surface area contributed by atoms with Crippen LogP contribution in [-0.2, 0) is 16.1 Å². The van der Waals surface area contributed by atoms with Crippen LogP contribution in [-0.4, -0.2) is 80.9 Å². The van der Waals surface area contributed by atoms with Gasteiger partial charge in [0, 0.05) is 62.4 Å². The van der Waals surface area contributed by atoms with Crippen molar-refractivity contribution >= 4 is 34.8 Å². The molecule has 2 heterocycles. The van der Waals surface area contributed by atoms with Crippen LogP contribution >= 0.6 is 11.6 Å². The lowest BCUT2D eigenvalue weighted by Crippen LogP contribution is -2.52. The van der Waals surface area contributed by atoms with E-state index >= 15 is 0 Å². The SMILES string of the molecule is C[C@@H]1CN(CCC(F)(F)F)CCN1c1cc(Cl)ccc1NC(=O)c1ccc(CNC(=O)[C@H]2CNCCO2)c(F)c1F. The van der Waals surface area contributed by atoms with Crippen LogP contribution < -0.4 is 20.9 Å². The largest absolute Gasteiger partial charge is 0.390 e. The Hall–Kier alpha value is -3.00. The van der Waals surface area contributed by atoms with Crippen molar-refractivity contribution in [3.63, 3.8) is 0 Å². The van der Waals surface area contributed by atoms with Gasteiger partial charge in [-0.1, -0.05) is 17.7 Å². The number of carbonyl (C=O) groups is 2. The topological polar surface area (TPSA) is 85.9 Å². The minimum Gasteiger partial charge on any atom is -0.366 e. The van der Waals surface area contributed by atoms with Gasteiger partial charge in [0.25, 0.3) is 11.8 Å². The zero-order valence-electron chi connectivity index (χ0n) is 22.3. The maximum absolute atomic E-state index is 15.0. The molecule has 2 aromatic rings. The number of morpholine rings is 1. The fourth-order valence-electron chi connectivity index (χ4n) is 4.85. The molecule has 0 radical (unpaired) electrons. The Kier molecular flexibility index (Phi) is 10.1. The van der Waals surface area contributed by atoms with E-state index in [0.29, 0.717) is 50.0 Å². The number of piperazine rings is 1. The third kappa shape index (κ3) is 8.06. The van der Waals surface area contributed by atoms with Gasteiger partial charge in [0.2, 0.25) is 0 Å².